The Morgan fingerprint density at radius 1 is 0.968 bits per heavy atom. The fourth-order valence-electron chi connectivity index (χ4n) is 3.19. The summed E-state index contributed by atoms with van der Waals surface area (Å²) < 4.78 is 63.3. The van der Waals surface area contributed by atoms with Crippen LogP contribution >= 0.6 is 12.4 Å². The maximum absolute atomic E-state index is 13.1. The monoisotopic (exact) mass is 474 g/mol. The number of benzene rings is 1. The van der Waals surface area contributed by atoms with E-state index in [0.717, 1.165) is 0 Å². The topological polar surface area (TPSA) is 103 Å². The van der Waals surface area contributed by atoms with Crippen LogP contribution in [0.5, 0.6) is 0 Å². The van der Waals surface area contributed by atoms with Crippen LogP contribution in [0.2, 0.25) is 0 Å². The molecule has 0 unspecified atom stereocenters. The van der Waals surface area contributed by atoms with Gasteiger partial charge in [-0.25, -0.2) is 18.1 Å². The Balaban J connectivity index is 0.00000272. The van der Waals surface area contributed by atoms with Crippen molar-refractivity contribution in [3.8, 4) is 11.3 Å². The summed E-state index contributed by atoms with van der Waals surface area (Å²) in [6.45, 7) is -1.37. The van der Waals surface area contributed by atoms with Gasteiger partial charge in [-0.1, -0.05) is 36.4 Å². The molecule has 13 heteroatoms. The van der Waals surface area contributed by atoms with Crippen LogP contribution in [-0.4, -0.2) is 34.4 Å². The molecule has 0 aliphatic rings. The van der Waals surface area contributed by atoms with E-state index < -0.39 is 39.7 Å². The summed E-state index contributed by atoms with van der Waals surface area (Å²) in [6.07, 6.45) is 0. The molecule has 0 aliphatic carbocycles. The Morgan fingerprint density at radius 2 is 1.65 bits per heavy atom. The third-order valence-electron chi connectivity index (χ3n) is 4.54. The number of aromatic nitrogens is 3. The van der Waals surface area contributed by atoms with Crippen molar-refractivity contribution in [3.05, 3.63) is 69.2 Å². The predicted octanol–water partition coefficient (Wildman–Crippen LogP) is 1.98. The number of hydrogen-bond acceptors (Lipinski definition) is 5. The molecule has 0 aliphatic heterocycles. The molecule has 3 heterocycles. The molecule has 1 N–H and O–H groups in total. The van der Waals surface area contributed by atoms with Gasteiger partial charge in [0.25, 0.3) is 11.1 Å². The Morgan fingerprint density at radius 3 is 2.29 bits per heavy atom. The molecule has 0 fully saturated rings. The molecule has 0 bridgehead atoms. The molecular weight excluding hydrogens is 461 g/mol. The van der Waals surface area contributed by atoms with E-state index in [1.165, 1.54) is 15.2 Å². The van der Waals surface area contributed by atoms with E-state index in [1.807, 2.05) is 0 Å². The number of halogens is 4. The van der Waals surface area contributed by atoms with Crippen molar-refractivity contribution in [2.24, 2.45) is 0 Å². The van der Waals surface area contributed by atoms with Gasteiger partial charge in [0.15, 0.2) is 0 Å². The maximum atomic E-state index is 13.1. The summed E-state index contributed by atoms with van der Waals surface area (Å²) in [5.41, 5.74) is -5.59. The molecule has 4 rings (SSSR count). The summed E-state index contributed by atoms with van der Waals surface area (Å²) >= 11 is 0. The van der Waals surface area contributed by atoms with Gasteiger partial charge in [0.2, 0.25) is 0 Å². The van der Waals surface area contributed by atoms with Crippen LogP contribution in [0, 0.1) is 0 Å². The van der Waals surface area contributed by atoms with Gasteiger partial charge in [-0.3, -0.25) is 18.6 Å². The first kappa shape index (κ1) is 22.7. The zero-order valence-corrected chi connectivity index (χ0v) is 17.1. The van der Waals surface area contributed by atoms with Crippen molar-refractivity contribution >= 4 is 39.1 Å². The first-order valence-corrected chi connectivity index (χ1v) is 10.1. The number of pyridine rings is 1. The molecule has 0 amide bonds. The van der Waals surface area contributed by atoms with Gasteiger partial charge in [-0.15, -0.1) is 12.4 Å². The highest BCUT2D eigenvalue weighted by atomic mass is 35.5. The highest BCUT2D eigenvalue weighted by Crippen LogP contribution is 2.24. The molecular formula is C18H14ClF3N4O4S. The Labute approximate surface area is 178 Å². The Bertz CT molecular complexity index is 1470. The molecule has 0 radical (unpaired) electrons. The van der Waals surface area contributed by atoms with Gasteiger partial charge >= 0.3 is 15.5 Å². The average Bonchev–Trinajstić information content (AvgIpc) is 3.09. The van der Waals surface area contributed by atoms with Gasteiger partial charge in [-0.2, -0.15) is 13.2 Å². The minimum atomic E-state index is -5.59. The highest BCUT2D eigenvalue weighted by molar-refractivity contribution is 7.90. The molecule has 1 aromatic carbocycles. The number of nitrogens with zero attached hydrogens (tertiary/aromatic N) is 3. The third-order valence-corrected chi connectivity index (χ3v) is 5.73. The second-order valence-corrected chi connectivity index (χ2v) is 8.14. The molecule has 0 spiro atoms. The summed E-state index contributed by atoms with van der Waals surface area (Å²) in [4.78, 5) is 30.3. The van der Waals surface area contributed by atoms with Crippen LogP contribution < -0.4 is 15.8 Å². The average molecular weight is 475 g/mol. The SMILES string of the molecule is Cl.O=c1c2cccc3nc(-c4ccccc4)c(c(=O)n1CCNS(=O)(=O)C(F)(F)F)n32. The van der Waals surface area contributed by atoms with Crippen LogP contribution in [0.25, 0.3) is 27.9 Å². The summed E-state index contributed by atoms with van der Waals surface area (Å²) in [5.74, 6) is 0. The molecule has 8 nitrogen and oxygen atoms in total. The van der Waals surface area contributed by atoms with Crippen LogP contribution in [0.15, 0.2) is 58.1 Å². The van der Waals surface area contributed by atoms with E-state index in [1.54, 1.807) is 42.5 Å². The van der Waals surface area contributed by atoms with Crippen LogP contribution in [0.4, 0.5) is 13.2 Å². The van der Waals surface area contributed by atoms with Gasteiger partial charge in [-0.05, 0) is 12.1 Å². The minimum absolute atomic E-state index is 0. The lowest BCUT2D eigenvalue weighted by Gasteiger charge is -2.11. The van der Waals surface area contributed by atoms with Crippen molar-refractivity contribution in [1.29, 1.82) is 0 Å². The number of imidazole rings is 1. The van der Waals surface area contributed by atoms with Gasteiger partial charge in [0, 0.05) is 18.7 Å². The van der Waals surface area contributed by atoms with E-state index in [2.05, 4.69) is 4.98 Å². The molecule has 0 saturated heterocycles. The number of rotatable bonds is 5. The van der Waals surface area contributed by atoms with Crippen molar-refractivity contribution in [1.82, 2.24) is 18.7 Å². The van der Waals surface area contributed by atoms with E-state index in [-0.39, 0.29) is 23.4 Å². The van der Waals surface area contributed by atoms with Gasteiger partial charge in [0.05, 0.1) is 0 Å². The smallest absolute Gasteiger partial charge is 0.283 e. The fraction of sp³-hybridized carbons (Fsp3) is 0.167. The van der Waals surface area contributed by atoms with Crippen molar-refractivity contribution in [2.45, 2.75) is 12.1 Å². The van der Waals surface area contributed by atoms with Crippen molar-refractivity contribution in [3.63, 3.8) is 0 Å². The maximum Gasteiger partial charge on any atom is 0.511 e. The van der Waals surface area contributed by atoms with E-state index in [4.69, 9.17) is 0 Å². The first-order valence-electron chi connectivity index (χ1n) is 8.61. The first-order chi connectivity index (χ1) is 14.1. The lowest BCUT2D eigenvalue weighted by atomic mass is 10.1. The van der Waals surface area contributed by atoms with Crippen LogP contribution in [0.1, 0.15) is 0 Å². The molecule has 164 valence electrons. The summed E-state index contributed by atoms with van der Waals surface area (Å²) in [7, 11) is -5.59. The normalized spacial score (nSPS) is 12.4. The molecule has 0 saturated carbocycles. The van der Waals surface area contributed by atoms with E-state index in [9.17, 15) is 31.2 Å². The predicted molar refractivity (Wildman–Crippen MR) is 110 cm³/mol. The zero-order valence-electron chi connectivity index (χ0n) is 15.5. The lowest BCUT2D eigenvalue weighted by molar-refractivity contribution is -0.0447. The number of alkyl halides is 3. The largest absolute Gasteiger partial charge is 0.511 e. The summed E-state index contributed by atoms with van der Waals surface area (Å²) in [5, 5.41) is 0. The van der Waals surface area contributed by atoms with E-state index >= 15 is 0 Å². The fourth-order valence-corrected chi connectivity index (χ4v) is 3.71. The third kappa shape index (κ3) is 3.77. The molecule has 0 atom stereocenters. The van der Waals surface area contributed by atoms with Crippen LogP contribution in [-0.2, 0) is 16.6 Å². The van der Waals surface area contributed by atoms with E-state index in [0.29, 0.717) is 21.5 Å². The van der Waals surface area contributed by atoms with Crippen molar-refractivity contribution in [2.75, 3.05) is 6.54 Å². The Kier molecular flexibility index (Phi) is 5.82. The molecule has 4 aromatic rings. The quantitative estimate of drug-likeness (QED) is 0.476. The van der Waals surface area contributed by atoms with Crippen LogP contribution in [0.3, 0.4) is 0 Å². The second-order valence-electron chi connectivity index (χ2n) is 6.39. The lowest BCUT2D eigenvalue weighted by Crippen LogP contribution is -2.42. The standard InChI is InChI=1S/C18H13F3N4O4S.ClH/c19-18(20,21)30(28,29)22-9-10-24-16(26)12-7-4-8-13-23-14(11-5-2-1-3-6-11)15(17(24)27)25(12)13;/h1-8,22H,9-10H2;1H. The highest BCUT2D eigenvalue weighted by Gasteiger charge is 2.45. The number of nitrogens with one attached hydrogen (secondary N) is 1. The minimum Gasteiger partial charge on any atom is -0.283 e. The number of hydrogen-bond donors (Lipinski definition) is 1. The van der Waals surface area contributed by atoms with Gasteiger partial charge < -0.3 is 0 Å². The summed E-state index contributed by atoms with van der Waals surface area (Å²) in [6, 6.07) is 13.4. The van der Waals surface area contributed by atoms with Gasteiger partial charge in [0.1, 0.15) is 22.4 Å². The second kappa shape index (κ2) is 7.94. The molecule has 31 heavy (non-hydrogen) atoms. The van der Waals surface area contributed by atoms with Crippen molar-refractivity contribution < 1.29 is 21.6 Å². The molecule has 3 aromatic heterocycles. The number of sulfonamides is 1. The Hall–Kier alpha value is -2.96. The zero-order chi connectivity index (χ0) is 21.7.